The molecule has 1 aromatic carbocycles. The molecule has 0 unspecified atom stereocenters. The third kappa shape index (κ3) is 3.64. The van der Waals surface area contributed by atoms with Crippen LogP contribution in [0.2, 0.25) is 0 Å². The molecule has 1 aliphatic carbocycles. The van der Waals surface area contributed by atoms with E-state index in [1.165, 1.54) is 0 Å². The zero-order valence-electron chi connectivity index (χ0n) is 11.9. The lowest BCUT2D eigenvalue weighted by Gasteiger charge is -2.25. The van der Waals surface area contributed by atoms with Crippen molar-refractivity contribution in [2.45, 2.75) is 32.2 Å². The second-order valence-corrected chi connectivity index (χ2v) is 5.22. The first kappa shape index (κ1) is 16.8. The second kappa shape index (κ2) is 7.50. The quantitative estimate of drug-likeness (QED) is 0.876. The predicted molar refractivity (Wildman–Crippen MR) is 82.0 cm³/mol. The lowest BCUT2D eigenvalue weighted by atomic mass is 9.85. The van der Waals surface area contributed by atoms with Gasteiger partial charge in [-0.25, -0.2) is 0 Å². The molecule has 0 heterocycles. The van der Waals surface area contributed by atoms with Gasteiger partial charge in [-0.3, -0.25) is 4.79 Å². The van der Waals surface area contributed by atoms with Crippen molar-refractivity contribution >= 4 is 18.3 Å². The average Bonchev–Trinajstić information content (AvgIpc) is 2.95. The molecule has 0 aliphatic heterocycles. The van der Waals surface area contributed by atoms with Crippen LogP contribution < -0.4 is 15.8 Å². The van der Waals surface area contributed by atoms with E-state index in [0.29, 0.717) is 13.1 Å². The molecule has 0 spiro atoms. The van der Waals surface area contributed by atoms with Gasteiger partial charge in [0.25, 0.3) is 0 Å². The summed E-state index contributed by atoms with van der Waals surface area (Å²) in [5, 5.41) is 3.01. The highest BCUT2D eigenvalue weighted by Crippen LogP contribution is 2.37. The van der Waals surface area contributed by atoms with Crippen molar-refractivity contribution < 1.29 is 9.53 Å². The van der Waals surface area contributed by atoms with Crippen LogP contribution >= 0.6 is 12.4 Å². The smallest absolute Gasteiger partial charge is 0.227 e. The summed E-state index contributed by atoms with van der Waals surface area (Å²) in [6.45, 7) is 0.992. The molecule has 1 amide bonds. The zero-order chi connectivity index (χ0) is 13.7. The van der Waals surface area contributed by atoms with Crippen LogP contribution in [0.15, 0.2) is 24.3 Å². The molecule has 112 valence electrons. The van der Waals surface area contributed by atoms with Crippen LogP contribution in [0.3, 0.4) is 0 Å². The van der Waals surface area contributed by atoms with Gasteiger partial charge >= 0.3 is 0 Å². The van der Waals surface area contributed by atoms with E-state index in [2.05, 4.69) is 5.32 Å². The fraction of sp³-hybridized carbons (Fsp3) is 0.533. The molecule has 0 aromatic heterocycles. The Balaban J connectivity index is 0.00000200. The molecule has 2 rings (SSSR count). The standard InChI is InChI=1S/C15H22N2O2.ClH/c1-19-13-6-4-12(5-7-13)10-17-14(18)15(11-16)8-2-3-9-15;/h4-7H,2-3,8-11,16H2,1H3,(H,17,18);1H. The summed E-state index contributed by atoms with van der Waals surface area (Å²) in [5.74, 6) is 0.924. The zero-order valence-corrected chi connectivity index (χ0v) is 12.7. The first-order valence-corrected chi connectivity index (χ1v) is 6.81. The molecule has 0 saturated heterocycles. The fourth-order valence-electron chi connectivity index (χ4n) is 2.69. The van der Waals surface area contributed by atoms with Gasteiger partial charge < -0.3 is 15.8 Å². The topological polar surface area (TPSA) is 64.3 Å². The summed E-state index contributed by atoms with van der Waals surface area (Å²) >= 11 is 0. The fourth-order valence-corrected chi connectivity index (χ4v) is 2.69. The van der Waals surface area contributed by atoms with Crippen LogP contribution in [0.1, 0.15) is 31.2 Å². The highest BCUT2D eigenvalue weighted by Gasteiger charge is 2.39. The van der Waals surface area contributed by atoms with Gasteiger partial charge in [0, 0.05) is 13.1 Å². The van der Waals surface area contributed by atoms with Crippen molar-refractivity contribution in [3.8, 4) is 5.75 Å². The van der Waals surface area contributed by atoms with Crippen molar-refractivity contribution in [2.75, 3.05) is 13.7 Å². The lowest BCUT2D eigenvalue weighted by molar-refractivity contribution is -0.130. The normalized spacial score (nSPS) is 16.3. The predicted octanol–water partition coefficient (Wildman–Crippen LogP) is 2.25. The van der Waals surface area contributed by atoms with Crippen LogP contribution in [-0.2, 0) is 11.3 Å². The van der Waals surface area contributed by atoms with Crippen LogP contribution in [0, 0.1) is 5.41 Å². The number of carbonyl (C=O) groups is 1. The van der Waals surface area contributed by atoms with E-state index in [-0.39, 0.29) is 23.7 Å². The maximum atomic E-state index is 12.3. The van der Waals surface area contributed by atoms with Gasteiger partial charge in [0.05, 0.1) is 12.5 Å². The summed E-state index contributed by atoms with van der Waals surface area (Å²) in [7, 11) is 1.64. The van der Waals surface area contributed by atoms with Crippen molar-refractivity contribution in [3.63, 3.8) is 0 Å². The Labute approximate surface area is 126 Å². The number of rotatable bonds is 5. The monoisotopic (exact) mass is 298 g/mol. The minimum Gasteiger partial charge on any atom is -0.497 e. The first-order chi connectivity index (χ1) is 9.20. The summed E-state index contributed by atoms with van der Waals surface area (Å²) in [5.41, 5.74) is 6.54. The molecule has 4 nitrogen and oxygen atoms in total. The molecule has 20 heavy (non-hydrogen) atoms. The Morgan fingerprint density at radius 3 is 2.40 bits per heavy atom. The maximum absolute atomic E-state index is 12.3. The molecule has 0 radical (unpaired) electrons. The van der Waals surface area contributed by atoms with Gasteiger partial charge in [-0.1, -0.05) is 25.0 Å². The highest BCUT2D eigenvalue weighted by atomic mass is 35.5. The molecule has 1 fully saturated rings. The minimum absolute atomic E-state index is 0. The third-order valence-electron chi connectivity index (χ3n) is 4.05. The number of halogens is 1. The van der Waals surface area contributed by atoms with Crippen LogP contribution in [0.5, 0.6) is 5.75 Å². The second-order valence-electron chi connectivity index (χ2n) is 5.22. The molecule has 1 aromatic rings. The van der Waals surface area contributed by atoms with Crippen LogP contribution in [0.25, 0.3) is 0 Å². The van der Waals surface area contributed by atoms with Crippen molar-refractivity contribution in [3.05, 3.63) is 29.8 Å². The summed E-state index contributed by atoms with van der Waals surface area (Å²) in [4.78, 5) is 12.3. The van der Waals surface area contributed by atoms with E-state index in [1.54, 1.807) is 7.11 Å². The average molecular weight is 299 g/mol. The Morgan fingerprint density at radius 2 is 1.90 bits per heavy atom. The number of benzene rings is 1. The molecule has 3 N–H and O–H groups in total. The molecule has 5 heteroatoms. The minimum atomic E-state index is -0.327. The summed E-state index contributed by atoms with van der Waals surface area (Å²) in [6, 6.07) is 7.72. The lowest BCUT2D eigenvalue weighted by Crippen LogP contribution is -2.43. The van der Waals surface area contributed by atoms with Crippen LogP contribution in [0.4, 0.5) is 0 Å². The molecule has 0 atom stereocenters. The van der Waals surface area contributed by atoms with Gasteiger partial charge in [0.1, 0.15) is 5.75 Å². The van der Waals surface area contributed by atoms with Gasteiger partial charge in [0.15, 0.2) is 0 Å². The third-order valence-corrected chi connectivity index (χ3v) is 4.05. The van der Waals surface area contributed by atoms with Gasteiger partial charge in [-0.15, -0.1) is 12.4 Å². The molecule has 1 aliphatic rings. The number of amides is 1. The van der Waals surface area contributed by atoms with E-state index in [1.807, 2.05) is 24.3 Å². The highest BCUT2D eigenvalue weighted by molar-refractivity contribution is 5.85. The maximum Gasteiger partial charge on any atom is 0.227 e. The SMILES string of the molecule is COc1ccc(CNC(=O)C2(CN)CCCC2)cc1.Cl. The summed E-state index contributed by atoms with van der Waals surface area (Å²) < 4.78 is 5.11. The molecule has 1 saturated carbocycles. The van der Waals surface area contributed by atoms with E-state index in [4.69, 9.17) is 10.5 Å². The van der Waals surface area contributed by atoms with E-state index in [9.17, 15) is 4.79 Å². The Kier molecular flexibility index (Phi) is 6.30. The number of nitrogens with two attached hydrogens (primary N) is 1. The van der Waals surface area contributed by atoms with Crippen molar-refractivity contribution in [1.82, 2.24) is 5.32 Å². The van der Waals surface area contributed by atoms with Crippen molar-refractivity contribution in [1.29, 1.82) is 0 Å². The van der Waals surface area contributed by atoms with Crippen LogP contribution in [-0.4, -0.2) is 19.6 Å². The van der Waals surface area contributed by atoms with E-state index >= 15 is 0 Å². The Hall–Kier alpha value is -1.26. The molecule has 0 bridgehead atoms. The van der Waals surface area contributed by atoms with Crippen molar-refractivity contribution in [2.24, 2.45) is 11.1 Å². The Morgan fingerprint density at radius 1 is 1.30 bits per heavy atom. The largest absolute Gasteiger partial charge is 0.497 e. The number of hydrogen-bond acceptors (Lipinski definition) is 3. The molecular weight excluding hydrogens is 276 g/mol. The number of hydrogen-bond donors (Lipinski definition) is 2. The number of methoxy groups -OCH3 is 1. The molecular formula is C15H23ClN2O2. The summed E-state index contributed by atoms with van der Waals surface area (Å²) in [6.07, 6.45) is 4.04. The number of nitrogens with one attached hydrogen (secondary N) is 1. The Bertz CT molecular complexity index is 428. The van der Waals surface area contributed by atoms with Gasteiger partial charge in [0.2, 0.25) is 5.91 Å². The number of carbonyl (C=O) groups excluding carboxylic acids is 1. The van der Waals surface area contributed by atoms with Gasteiger partial charge in [-0.05, 0) is 30.5 Å². The van der Waals surface area contributed by atoms with E-state index in [0.717, 1.165) is 37.0 Å². The van der Waals surface area contributed by atoms with Gasteiger partial charge in [-0.2, -0.15) is 0 Å². The first-order valence-electron chi connectivity index (χ1n) is 6.81. The van der Waals surface area contributed by atoms with E-state index < -0.39 is 0 Å². The number of ether oxygens (including phenoxy) is 1.